The zero-order valence-electron chi connectivity index (χ0n) is 15.7. The van der Waals surface area contributed by atoms with Crippen molar-refractivity contribution in [2.75, 3.05) is 11.1 Å². The van der Waals surface area contributed by atoms with Crippen molar-refractivity contribution in [2.24, 2.45) is 0 Å². The van der Waals surface area contributed by atoms with Crippen LogP contribution in [0.5, 0.6) is 0 Å². The Hall–Kier alpha value is -2.61. The quantitative estimate of drug-likeness (QED) is 0.463. The van der Waals surface area contributed by atoms with Gasteiger partial charge in [-0.1, -0.05) is 24.8 Å². The molecule has 8 heteroatoms. The highest BCUT2D eigenvalue weighted by Crippen LogP contribution is 2.39. The molecule has 1 aliphatic heterocycles. The molecule has 1 unspecified atom stereocenters. The second-order valence-corrected chi connectivity index (χ2v) is 7.62. The van der Waals surface area contributed by atoms with Crippen LogP contribution >= 0.6 is 11.8 Å². The Morgan fingerprint density at radius 3 is 2.78 bits per heavy atom. The number of aromatic nitrogens is 3. The average Bonchev–Trinajstić information content (AvgIpc) is 2.60. The zero-order valence-corrected chi connectivity index (χ0v) is 16.5. The molecule has 1 atom stereocenters. The number of fused-ring (bicyclic) bond motifs is 1. The number of pyridine rings is 1. The second kappa shape index (κ2) is 7.96. The van der Waals surface area contributed by atoms with Crippen molar-refractivity contribution in [2.45, 2.75) is 44.9 Å². The van der Waals surface area contributed by atoms with Gasteiger partial charge in [-0.3, -0.25) is 9.78 Å². The predicted octanol–water partition coefficient (Wildman–Crippen LogP) is 3.06. The number of thioether (sulfide) groups is 1. The summed E-state index contributed by atoms with van der Waals surface area (Å²) in [7, 11) is 0. The number of carbonyl (C=O) groups excluding carboxylic acids is 1. The van der Waals surface area contributed by atoms with Crippen molar-refractivity contribution in [3.8, 4) is 0 Å². The minimum atomic E-state index is -0.648. The normalized spacial score (nSPS) is 16.1. The van der Waals surface area contributed by atoms with Crippen molar-refractivity contribution >= 4 is 23.5 Å². The maximum Gasteiger partial charge on any atom is 0.337 e. The number of ether oxygens (including phenoxy) is 1. The molecule has 142 valence electrons. The van der Waals surface area contributed by atoms with Crippen molar-refractivity contribution in [3.63, 3.8) is 0 Å². The van der Waals surface area contributed by atoms with Crippen LogP contribution in [0.2, 0.25) is 0 Å². The Kier molecular flexibility index (Phi) is 5.65. The van der Waals surface area contributed by atoms with Crippen molar-refractivity contribution in [3.05, 3.63) is 57.3 Å². The van der Waals surface area contributed by atoms with E-state index in [0.29, 0.717) is 33.5 Å². The Bertz CT molecular complexity index is 938. The maximum atomic E-state index is 12.9. The number of allylic oxidation sites excluding steroid dienone is 1. The first-order chi connectivity index (χ1) is 12.9. The van der Waals surface area contributed by atoms with Gasteiger partial charge in [0.2, 0.25) is 0 Å². The summed E-state index contributed by atoms with van der Waals surface area (Å²) in [5, 5.41) is 3.65. The Morgan fingerprint density at radius 1 is 1.37 bits per heavy atom. The van der Waals surface area contributed by atoms with E-state index in [-0.39, 0.29) is 11.7 Å². The van der Waals surface area contributed by atoms with Crippen LogP contribution in [0.1, 0.15) is 44.9 Å². The lowest BCUT2D eigenvalue weighted by atomic mass is 9.85. The van der Waals surface area contributed by atoms with Crippen molar-refractivity contribution < 1.29 is 9.53 Å². The lowest BCUT2D eigenvalue weighted by molar-refractivity contribution is -0.143. The van der Waals surface area contributed by atoms with Gasteiger partial charge in [0.1, 0.15) is 5.82 Å². The largest absolute Gasteiger partial charge is 0.460 e. The number of rotatable bonds is 5. The molecule has 3 heterocycles. The van der Waals surface area contributed by atoms with E-state index in [1.807, 2.05) is 13.0 Å². The predicted molar refractivity (Wildman–Crippen MR) is 105 cm³/mol. The minimum absolute atomic E-state index is 0.275. The molecule has 0 bridgehead atoms. The highest BCUT2D eigenvalue weighted by atomic mass is 32.2. The van der Waals surface area contributed by atoms with Crippen LogP contribution in [0.25, 0.3) is 0 Å². The monoisotopic (exact) mass is 386 g/mol. The molecule has 1 aliphatic rings. The van der Waals surface area contributed by atoms with E-state index in [4.69, 9.17) is 4.74 Å². The van der Waals surface area contributed by atoms with Crippen LogP contribution in [-0.4, -0.2) is 32.8 Å². The first kappa shape index (κ1) is 19.2. The average molecular weight is 386 g/mol. The molecule has 2 aromatic heterocycles. The lowest BCUT2D eigenvalue weighted by Crippen LogP contribution is -2.32. The van der Waals surface area contributed by atoms with E-state index in [1.165, 1.54) is 11.8 Å². The molecule has 27 heavy (non-hydrogen) atoms. The first-order valence-electron chi connectivity index (χ1n) is 8.79. The Balaban J connectivity index is 2.20. The number of nitrogens with one attached hydrogen (secondary N) is 2. The third-order valence-electron chi connectivity index (χ3n) is 4.05. The summed E-state index contributed by atoms with van der Waals surface area (Å²) in [5.41, 5.74) is 1.66. The standard InChI is InChI=1S/C19H22N4O3S/c1-5-27-19-22-16-15(17(24)23-19)14(12-8-6-7-9-20-12)13(11(4)21-16)18(25)26-10(2)3/h6-10,14H,5H2,1-4H3,(H2,21,22,23,24). The molecule has 0 aliphatic carbocycles. The zero-order chi connectivity index (χ0) is 19.6. The number of esters is 1. The summed E-state index contributed by atoms with van der Waals surface area (Å²) in [6.07, 6.45) is 1.36. The molecule has 0 aromatic carbocycles. The molecule has 0 fully saturated rings. The molecule has 7 nitrogen and oxygen atoms in total. The molecular weight excluding hydrogens is 364 g/mol. The number of H-pyrrole nitrogens is 1. The topological polar surface area (TPSA) is 97.0 Å². The highest BCUT2D eigenvalue weighted by Gasteiger charge is 2.37. The van der Waals surface area contributed by atoms with E-state index in [9.17, 15) is 9.59 Å². The van der Waals surface area contributed by atoms with Crippen molar-refractivity contribution in [1.82, 2.24) is 15.0 Å². The molecule has 0 radical (unpaired) electrons. The Morgan fingerprint density at radius 2 is 2.15 bits per heavy atom. The third-order valence-corrected chi connectivity index (χ3v) is 4.80. The van der Waals surface area contributed by atoms with E-state index in [2.05, 4.69) is 20.3 Å². The van der Waals surface area contributed by atoms with Gasteiger partial charge in [-0.2, -0.15) is 0 Å². The van der Waals surface area contributed by atoms with Gasteiger partial charge in [0.15, 0.2) is 5.16 Å². The fourth-order valence-corrected chi connectivity index (χ4v) is 3.62. The number of hydrogen-bond acceptors (Lipinski definition) is 7. The van der Waals surface area contributed by atoms with Crippen LogP contribution in [0.3, 0.4) is 0 Å². The SMILES string of the molecule is CCSc1nc2c(c(=O)[nH]1)C(c1ccccn1)C(C(=O)OC(C)C)=C(C)N2. The summed E-state index contributed by atoms with van der Waals surface area (Å²) in [6, 6.07) is 5.41. The van der Waals surface area contributed by atoms with Gasteiger partial charge in [-0.05, 0) is 38.7 Å². The van der Waals surface area contributed by atoms with E-state index >= 15 is 0 Å². The molecule has 0 amide bonds. The summed E-state index contributed by atoms with van der Waals surface area (Å²) < 4.78 is 5.43. The number of anilines is 1. The summed E-state index contributed by atoms with van der Waals surface area (Å²) >= 11 is 1.45. The van der Waals surface area contributed by atoms with Crippen LogP contribution in [-0.2, 0) is 9.53 Å². The second-order valence-electron chi connectivity index (χ2n) is 6.37. The number of hydrogen-bond donors (Lipinski definition) is 2. The third kappa shape index (κ3) is 3.90. The molecule has 2 N–H and O–H groups in total. The maximum absolute atomic E-state index is 12.9. The summed E-state index contributed by atoms with van der Waals surface area (Å²) in [4.78, 5) is 37.4. The van der Waals surface area contributed by atoms with E-state index in [0.717, 1.165) is 5.75 Å². The van der Waals surface area contributed by atoms with Gasteiger partial charge in [-0.25, -0.2) is 9.78 Å². The van der Waals surface area contributed by atoms with Crippen molar-refractivity contribution in [1.29, 1.82) is 0 Å². The molecule has 0 spiro atoms. The minimum Gasteiger partial charge on any atom is -0.460 e. The van der Waals surface area contributed by atoms with Crippen LogP contribution in [0.15, 0.2) is 45.6 Å². The molecular formula is C19H22N4O3S. The highest BCUT2D eigenvalue weighted by molar-refractivity contribution is 7.99. The molecule has 2 aromatic rings. The molecule has 0 saturated heterocycles. The van der Waals surface area contributed by atoms with Gasteiger partial charge in [0.05, 0.1) is 28.9 Å². The van der Waals surface area contributed by atoms with E-state index in [1.54, 1.807) is 39.1 Å². The fourth-order valence-electron chi connectivity index (χ4n) is 3.03. The number of carbonyl (C=O) groups is 1. The van der Waals surface area contributed by atoms with Crippen LogP contribution in [0, 0.1) is 0 Å². The number of aromatic amines is 1. The van der Waals surface area contributed by atoms with Gasteiger partial charge < -0.3 is 15.0 Å². The number of nitrogens with zero attached hydrogens (tertiary/aromatic N) is 2. The molecule has 0 saturated carbocycles. The van der Waals surface area contributed by atoms with Crippen LogP contribution in [0.4, 0.5) is 5.82 Å². The van der Waals surface area contributed by atoms with Gasteiger partial charge in [-0.15, -0.1) is 0 Å². The summed E-state index contributed by atoms with van der Waals surface area (Å²) in [6.45, 7) is 7.34. The smallest absolute Gasteiger partial charge is 0.337 e. The van der Waals surface area contributed by atoms with Crippen LogP contribution < -0.4 is 10.9 Å². The van der Waals surface area contributed by atoms with Gasteiger partial charge in [0.25, 0.3) is 5.56 Å². The summed E-state index contributed by atoms with van der Waals surface area (Å²) in [5.74, 6) is 0.115. The van der Waals surface area contributed by atoms with Gasteiger partial charge >= 0.3 is 5.97 Å². The first-order valence-corrected chi connectivity index (χ1v) is 9.77. The van der Waals surface area contributed by atoms with Gasteiger partial charge in [0, 0.05) is 11.9 Å². The van der Waals surface area contributed by atoms with E-state index < -0.39 is 11.9 Å². The lowest BCUT2D eigenvalue weighted by Gasteiger charge is -2.28. The molecule has 3 rings (SSSR count). The fraction of sp³-hybridized carbons (Fsp3) is 0.368. The Labute approximate surface area is 161 Å².